The highest BCUT2D eigenvalue weighted by Gasteiger charge is 2.28. The molecule has 6 aromatic rings. The number of aryl methyl sites for hydroxylation is 1. The maximum atomic E-state index is 13.8. The zero-order valence-corrected chi connectivity index (χ0v) is 21.5. The zero-order chi connectivity index (χ0) is 27.3. The van der Waals surface area contributed by atoms with Gasteiger partial charge in [0.05, 0.1) is 25.3 Å². The van der Waals surface area contributed by atoms with Crippen LogP contribution < -0.4 is 5.56 Å². The summed E-state index contributed by atoms with van der Waals surface area (Å²) in [5.41, 5.74) is 6.00. The lowest BCUT2D eigenvalue weighted by molar-refractivity contribution is 0.0592. The van der Waals surface area contributed by atoms with Crippen LogP contribution in [0.5, 0.6) is 0 Å². The molecule has 39 heavy (non-hydrogen) atoms. The molecular weight excluding hydrogens is 494 g/mol. The Morgan fingerprint density at radius 3 is 1.79 bits per heavy atom. The third kappa shape index (κ3) is 3.88. The summed E-state index contributed by atoms with van der Waals surface area (Å²) < 4.78 is 9.91. The summed E-state index contributed by atoms with van der Waals surface area (Å²) in [5.74, 6) is -1.44. The van der Waals surface area contributed by atoms with Crippen molar-refractivity contribution in [3.63, 3.8) is 0 Å². The second-order valence-corrected chi connectivity index (χ2v) is 9.46. The highest BCUT2D eigenvalue weighted by Crippen LogP contribution is 2.40. The van der Waals surface area contributed by atoms with Gasteiger partial charge in [-0.05, 0) is 66.1 Å². The third-order valence-corrected chi connectivity index (χ3v) is 7.41. The lowest BCUT2D eigenvalue weighted by atomic mass is 9.82. The minimum absolute atomic E-state index is 0.215. The number of benzene rings is 3. The van der Waals surface area contributed by atoms with Crippen LogP contribution in [0, 0.1) is 6.92 Å². The number of pyridine rings is 1. The predicted octanol–water partition coefficient (Wildman–Crippen LogP) is 5.55. The molecule has 8 nitrogen and oxygen atoms in total. The van der Waals surface area contributed by atoms with Gasteiger partial charge >= 0.3 is 11.9 Å². The summed E-state index contributed by atoms with van der Waals surface area (Å²) in [6.07, 6.45) is 3.74. The molecule has 0 saturated carbocycles. The Balaban J connectivity index is 1.70. The Hall–Kier alpha value is -5.11. The van der Waals surface area contributed by atoms with E-state index in [2.05, 4.69) is 15.0 Å². The van der Waals surface area contributed by atoms with Crippen LogP contribution in [-0.2, 0) is 9.47 Å². The highest BCUT2D eigenvalue weighted by atomic mass is 16.5. The summed E-state index contributed by atoms with van der Waals surface area (Å²) in [6, 6.07) is 18.3. The number of H-pyrrole nitrogens is 3. The van der Waals surface area contributed by atoms with E-state index < -0.39 is 17.9 Å². The van der Waals surface area contributed by atoms with Crippen molar-refractivity contribution in [3.05, 3.63) is 117 Å². The topological polar surface area (TPSA) is 117 Å². The van der Waals surface area contributed by atoms with Gasteiger partial charge in [0.15, 0.2) is 0 Å². The van der Waals surface area contributed by atoms with Gasteiger partial charge in [0.25, 0.3) is 5.56 Å². The Morgan fingerprint density at radius 1 is 0.718 bits per heavy atom. The number of carbonyl (C=O) groups is 2. The quantitative estimate of drug-likeness (QED) is 0.258. The van der Waals surface area contributed by atoms with Crippen molar-refractivity contribution in [1.82, 2.24) is 15.0 Å². The van der Waals surface area contributed by atoms with Crippen molar-refractivity contribution >= 4 is 44.6 Å². The molecular formula is C31H25N3O5. The van der Waals surface area contributed by atoms with Crippen molar-refractivity contribution in [2.45, 2.75) is 12.8 Å². The summed E-state index contributed by atoms with van der Waals surface area (Å²) >= 11 is 0. The van der Waals surface area contributed by atoms with E-state index in [0.717, 1.165) is 49.4 Å². The lowest BCUT2D eigenvalue weighted by Gasteiger charge is -2.20. The Morgan fingerprint density at radius 2 is 1.26 bits per heavy atom. The number of hydrogen-bond donors (Lipinski definition) is 3. The van der Waals surface area contributed by atoms with Crippen molar-refractivity contribution in [2.75, 3.05) is 14.2 Å². The molecule has 0 amide bonds. The molecule has 0 fully saturated rings. The van der Waals surface area contributed by atoms with Crippen LogP contribution in [0.25, 0.3) is 32.7 Å². The van der Waals surface area contributed by atoms with Crippen LogP contribution in [0.4, 0.5) is 0 Å². The molecule has 0 atom stereocenters. The number of para-hydroxylation sites is 1. The fourth-order valence-corrected chi connectivity index (χ4v) is 5.50. The monoisotopic (exact) mass is 519 g/mol. The molecule has 0 aliphatic carbocycles. The molecule has 0 unspecified atom stereocenters. The van der Waals surface area contributed by atoms with Gasteiger partial charge < -0.3 is 24.4 Å². The van der Waals surface area contributed by atoms with Crippen LogP contribution in [0.2, 0.25) is 0 Å². The molecule has 0 aliphatic heterocycles. The number of carbonyl (C=O) groups excluding carboxylic acids is 2. The SMILES string of the molecule is COC(=O)c1ccc2[nH]cc(C(c3c(C)c4ccccc4[nH]c3=O)c3c[nH]c4ccc(C(=O)OC)cc34)c2c1. The second kappa shape index (κ2) is 9.33. The molecule has 0 bridgehead atoms. The fraction of sp³-hybridized carbons (Fsp3) is 0.129. The first-order valence-corrected chi connectivity index (χ1v) is 12.4. The van der Waals surface area contributed by atoms with E-state index in [4.69, 9.17) is 9.47 Å². The summed E-state index contributed by atoms with van der Waals surface area (Å²) in [5, 5.41) is 2.50. The number of hydrogen-bond acceptors (Lipinski definition) is 5. The van der Waals surface area contributed by atoms with Crippen LogP contribution in [0.15, 0.2) is 77.9 Å². The van der Waals surface area contributed by atoms with E-state index in [1.165, 1.54) is 14.2 Å². The number of aromatic amines is 3. The Bertz CT molecular complexity index is 1880. The molecule has 3 heterocycles. The fourth-order valence-electron chi connectivity index (χ4n) is 5.50. The minimum atomic E-state index is -0.540. The number of esters is 2. The zero-order valence-electron chi connectivity index (χ0n) is 21.5. The molecule has 0 saturated heterocycles. The van der Waals surface area contributed by atoms with Crippen LogP contribution in [0.3, 0.4) is 0 Å². The van der Waals surface area contributed by atoms with Crippen molar-refractivity contribution in [1.29, 1.82) is 0 Å². The van der Waals surface area contributed by atoms with Gasteiger partial charge in [-0.3, -0.25) is 4.79 Å². The Labute approximate surface area is 222 Å². The number of methoxy groups -OCH3 is 2. The first-order valence-electron chi connectivity index (χ1n) is 12.4. The van der Waals surface area contributed by atoms with Gasteiger partial charge in [0, 0.05) is 56.6 Å². The number of ether oxygens (including phenoxy) is 2. The normalized spacial score (nSPS) is 11.5. The van der Waals surface area contributed by atoms with Gasteiger partial charge in [-0.2, -0.15) is 0 Å². The molecule has 3 aromatic carbocycles. The van der Waals surface area contributed by atoms with E-state index in [0.29, 0.717) is 16.7 Å². The van der Waals surface area contributed by atoms with Crippen LogP contribution in [0.1, 0.15) is 48.9 Å². The third-order valence-electron chi connectivity index (χ3n) is 7.41. The van der Waals surface area contributed by atoms with Crippen molar-refractivity contribution in [2.24, 2.45) is 0 Å². The second-order valence-electron chi connectivity index (χ2n) is 9.46. The number of rotatable bonds is 5. The van der Waals surface area contributed by atoms with E-state index in [9.17, 15) is 14.4 Å². The number of nitrogens with one attached hydrogen (secondary N) is 3. The van der Waals surface area contributed by atoms with E-state index >= 15 is 0 Å². The predicted molar refractivity (Wildman–Crippen MR) is 150 cm³/mol. The molecule has 6 rings (SSSR count). The standard InChI is InChI=1S/C31H25N3O5/c1-16-19-6-4-5-7-26(19)34-29(35)27(16)28(22-14-32-24-10-8-17(12-20(22)24)30(36)38-2)23-15-33-25-11-9-18(13-21(23)25)31(37)39-3/h4-15,28,32-33H,1-3H3,(H,34,35). The molecule has 0 spiro atoms. The van der Waals surface area contributed by atoms with Gasteiger partial charge in [0.2, 0.25) is 0 Å². The lowest BCUT2D eigenvalue weighted by Crippen LogP contribution is -2.20. The maximum Gasteiger partial charge on any atom is 0.337 e. The molecule has 194 valence electrons. The van der Waals surface area contributed by atoms with Gasteiger partial charge in [-0.25, -0.2) is 9.59 Å². The van der Waals surface area contributed by atoms with Crippen molar-refractivity contribution in [3.8, 4) is 0 Å². The molecule has 0 aliphatic rings. The smallest absolute Gasteiger partial charge is 0.337 e. The minimum Gasteiger partial charge on any atom is -0.465 e. The number of fused-ring (bicyclic) bond motifs is 3. The molecule has 3 N–H and O–H groups in total. The Kier molecular flexibility index (Phi) is 5.80. The van der Waals surface area contributed by atoms with Gasteiger partial charge in [-0.1, -0.05) is 18.2 Å². The van der Waals surface area contributed by atoms with Crippen LogP contribution in [-0.4, -0.2) is 41.1 Å². The summed E-state index contributed by atoms with van der Waals surface area (Å²) in [4.78, 5) is 48.2. The first-order chi connectivity index (χ1) is 18.9. The van der Waals surface area contributed by atoms with E-state index in [1.54, 1.807) is 24.3 Å². The summed E-state index contributed by atoms with van der Waals surface area (Å²) in [6.45, 7) is 1.95. The van der Waals surface area contributed by atoms with E-state index in [1.807, 2.05) is 55.7 Å². The average Bonchev–Trinajstić information content (AvgIpc) is 3.58. The largest absolute Gasteiger partial charge is 0.465 e. The molecule has 0 radical (unpaired) electrons. The van der Waals surface area contributed by atoms with Gasteiger partial charge in [-0.15, -0.1) is 0 Å². The summed E-state index contributed by atoms with van der Waals surface area (Å²) in [7, 11) is 2.69. The van der Waals surface area contributed by atoms with Crippen molar-refractivity contribution < 1.29 is 19.1 Å². The van der Waals surface area contributed by atoms with Gasteiger partial charge in [0.1, 0.15) is 0 Å². The molecule has 3 aromatic heterocycles. The van der Waals surface area contributed by atoms with E-state index in [-0.39, 0.29) is 5.56 Å². The molecule has 8 heteroatoms. The number of aromatic nitrogens is 3. The van der Waals surface area contributed by atoms with Crippen LogP contribution >= 0.6 is 0 Å². The first kappa shape index (κ1) is 24.2. The highest BCUT2D eigenvalue weighted by molar-refractivity contribution is 5.98. The average molecular weight is 520 g/mol. The maximum absolute atomic E-state index is 13.8.